The van der Waals surface area contributed by atoms with Crippen LogP contribution in [0.1, 0.15) is 22.3 Å². The van der Waals surface area contributed by atoms with Gasteiger partial charge in [0, 0.05) is 28.5 Å². The van der Waals surface area contributed by atoms with E-state index >= 15 is 0 Å². The molecule has 1 spiro atoms. The van der Waals surface area contributed by atoms with Gasteiger partial charge >= 0.3 is 0 Å². The Balaban J connectivity index is 1.14. The highest BCUT2D eigenvalue weighted by Gasteiger charge is 2.52. The zero-order chi connectivity index (χ0) is 36.3. The normalized spacial score (nSPS) is 12.9. The third-order valence-corrected chi connectivity index (χ3v) is 11.4. The lowest BCUT2D eigenvalue weighted by molar-refractivity contribution is 0.794. The fourth-order valence-electron chi connectivity index (χ4n) is 9.13. The fourth-order valence-corrected chi connectivity index (χ4v) is 9.13. The van der Waals surface area contributed by atoms with Crippen LogP contribution in [0.5, 0.6) is 0 Å². The molecule has 0 saturated carbocycles. The SMILES string of the molecule is c1ccc(-c2nc(-c3cccc(-c4ccccn4)c3)cc(-c3ccccc3-c3cccc4c3-c3ccccc3C43c4ccccc4-c4ccccc43)n2)cc1. The van der Waals surface area contributed by atoms with Crippen LogP contribution in [0.4, 0.5) is 0 Å². The lowest BCUT2D eigenvalue weighted by Crippen LogP contribution is -2.25. The number of pyridine rings is 1. The van der Waals surface area contributed by atoms with E-state index in [0.29, 0.717) is 5.82 Å². The molecule has 9 aromatic rings. The van der Waals surface area contributed by atoms with Crippen molar-refractivity contribution < 1.29 is 0 Å². The summed E-state index contributed by atoms with van der Waals surface area (Å²) in [6.45, 7) is 0. The van der Waals surface area contributed by atoms with Gasteiger partial charge in [0.1, 0.15) is 0 Å². The van der Waals surface area contributed by atoms with Crippen molar-refractivity contribution in [1.82, 2.24) is 15.0 Å². The molecule has 55 heavy (non-hydrogen) atoms. The molecule has 2 aliphatic carbocycles. The summed E-state index contributed by atoms with van der Waals surface area (Å²) in [6.07, 6.45) is 1.83. The third-order valence-electron chi connectivity index (χ3n) is 11.4. The molecule has 2 aliphatic rings. The monoisotopic (exact) mass is 699 g/mol. The van der Waals surface area contributed by atoms with Gasteiger partial charge in [-0.2, -0.15) is 0 Å². The van der Waals surface area contributed by atoms with Crippen molar-refractivity contribution >= 4 is 0 Å². The summed E-state index contributed by atoms with van der Waals surface area (Å²) in [6, 6.07) is 69.5. The van der Waals surface area contributed by atoms with E-state index in [0.717, 1.165) is 44.9 Å². The molecule has 0 amide bonds. The Bertz CT molecular complexity index is 2890. The van der Waals surface area contributed by atoms with Crippen LogP contribution in [0, 0.1) is 0 Å². The molecule has 0 atom stereocenters. The van der Waals surface area contributed by atoms with Gasteiger partial charge in [-0.3, -0.25) is 4.98 Å². The van der Waals surface area contributed by atoms with E-state index in [-0.39, 0.29) is 0 Å². The maximum absolute atomic E-state index is 5.31. The molecule has 11 rings (SSSR count). The van der Waals surface area contributed by atoms with Crippen LogP contribution in [0.25, 0.3) is 78.5 Å². The Morgan fingerprint density at radius 2 is 0.818 bits per heavy atom. The molecule has 0 unspecified atom stereocenters. The summed E-state index contributed by atoms with van der Waals surface area (Å²) in [7, 11) is 0. The molecule has 3 nitrogen and oxygen atoms in total. The maximum atomic E-state index is 5.31. The Hall–Kier alpha value is -7.23. The molecule has 7 aromatic carbocycles. The molecule has 0 radical (unpaired) electrons. The number of aromatic nitrogens is 3. The van der Waals surface area contributed by atoms with E-state index in [1.54, 1.807) is 0 Å². The summed E-state index contributed by atoms with van der Waals surface area (Å²) in [5.74, 6) is 0.688. The number of hydrogen-bond acceptors (Lipinski definition) is 3. The summed E-state index contributed by atoms with van der Waals surface area (Å²) >= 11 is 0. The first-order valence-corrected chi connectivity index (χ1v) is 18.8. The van der Waals surface area contributed by atoms with Gasteiger partial charge in [-0.05, 0) is 79.9 Å². The predicted octanol–water partition coefficient (Wildman–Crippen LogP) is 12.6. The fraction of sp³-hybridized carbons (Fsp3) is 0.0192. The molecule has 0 N–H and O–H groups in total. The lowest BCUT2D eigenvalue weighted by Gasteiger charge is -2.30. The Morgan fingerprint density at radius 3 is 1.53 bits per heavy atom. The van der Waals surface area contributed by atoms with Crippen LogP contribution in [0.15, 0.2) is 200 Å². The largest absolute Gasteiger partial charge is 0.256 e. The minimum Gasteiger partial charge on any atom is -0.256 e. The summed E-state index contributed by atoms with van der Waals surface area (Å²) in [5.41, 5.74) is 19.2. The predicted molar refractivity (Wildman–Crippen MR) is 223 cm³/mol. The van der Waals surface area contributed by atoms with Crippen LogP contribution >= 0.6 is 0 Å². The lowest BCUT2D eigenvalue weighted by atomic mass is 9.70. The second kappa shape index (κ2) is 12.4. The highest BCUT2D eigenvalue weighted by Crippen LogP contribution is 2.64. The van der Waals surface area contributed by atoms with E-state index in [1.807, 2.05) is 42.6 Å². The van der Waals surface area contributed by atoms with Crippen LogP contribution in [-0.2, 0) is 5.41 Å². The molecule has 0 fully saturated rings. The van der Waals surface area contributed by atoms with E-state index < -0.39 is 5.41 Å². The second-order valence-corrected chi connectivity index (χ2v) is 14.3. The number of rotatable bonds is 5. The molecule has 256 valence electrons. The number of nitrogens with zero attached hydrogens (tertiary/aromatic N) is 3. The van der Waals surface area contributed by atoms with Crippen molar-refractivity contribution in [3.05, 3.63) is 223 Å². The number of fused-ring (bicyclic) bond motifs is 10. The van der Waals surface area contributed by atoms with Crippen LogP contribution in [-0.4, -0.2) is 15.0 Å². The van der Waals surface area contributed by atoms with Crippen molar-refractivity contribution in [2.75, 3.05) is 0 Å². The van der Waals surface area contributed by atoms with Gasteiger partial charge in [-0.1, -0.05) is 170 Å². The van der Waals surface area contributed by atoms with E-state index in [4.69, 9.17) is 9.97 Å². The van der Waals surface area contributed by atoms with Gasteiger partial charge in [0.2, 0.25) is 0 Å². The molecule has 0 aliphatic heterocycles. The molecule has 0 bridgehead atoms. The van der Waals surface area contributed by atoms with Gasteiger partial charge in [0.25, 0.3) is 0 Å². The molecular weight excluding hydrogens is 667 g/mol. The molecule has 2 heterocycles. The topological polar surface area (TPSA) is 38.7 Å². The van der Waals surface area contributed by atoms with Crippen molar-refractivity contribution in [1.29, 1.82) is 0 Å². The van der Waals surface area contributed by atoms with Gasteiger partial charge in [-0.15, -0.1) is 0 Å². The van der Waals surface area contributed by atoms with Crippen molar-refractivity contribution in [2.45, 2.75) is 5.41 Å². The maximum Gasteiger partial charge on any atom is 0.160 e. The van der Waals surface area contributed by atoms with Crippen molar-refractivity contribution in [2.24, 2.45) is 0 Å². The number of benzene rings is 7. The van der Waals surface area contributed by atoms with Crippen LogP contribution < -0.4 is 0 Å². The zero-order valence-electron chi connectivity index (χ0n) is 29.9. The van der Waals surface area contributed by atoms with Gasteiger partial charge < -0.3 is 0 Å². The molecule has 3 heteroatoms. The minimum atomic E-state index is -0.411. The quantitative estimate of drug-likeness (QED) is 0.179. The molecule has 0 saturated heterocycles. The standard InChI is InChI=1S/C52H33N3/c1-2-16-34(17-3-1)51-54-48(36-19-14-18-35(32-36)47-30-12-13-31-53-47)33-49(55-51)40-23-5-4-20-37(40)41-25-15-29-46-50(41)42-24-8-11-28-45(42)52(46)43-26-9-6-21-38(43)39-22-7-10-27-44(39)52/h1-33H. The van der Waals surface area contributed by atoms with Crippen LogP contribution in [0.2, 0.25) is 0 Å². The molecule has 2 aromatic heterocycles. The highest BCUT2D eigenvalue weighted by molar-refractivity contribution is 6.01. The Labute approximate surface area is 320 Å². The summed E-state index contributed by atoms with van der Waals surface area (Å²) in [5, 5.41) is 0. The Morgan fingerprint density at radius 1 is 0.309 bits per heavy atom. The number of hydrogen-bond donors (Lipinski definition) is 0. The first kappa shape index (κ1) is 31.3. The zero-order valence-corrected chi connectivity index (χ0v) is 29.9. The van der Waals surface area contributed by atoms with E-state index in [2.05, 4.69) is 163 Å². The minimum absolute atomic E-state index is 0.411. The summed E-state index contributed by atoms with van der Waals surface area (Å²) in [4.78, 5) is 15.1. The van der Waals surface area contributed by atoms with Crippen LogP contribution in [0.3, 0.4) is 0 Å². The Kier molecular flexibility index (Phi) is 7.08. The van der Waals surface area contributed by atoms with Crippen molar-refractivity contribution in [3.63, 3.8) is 0 Å². The summed E-state index contributed by atoms with van der Waals surface area (Å²) < 4.78 is 0. The third kappa shape index (κ3) is 4.73. The average Bonchev–Trinajstić information content (AvgIpc) is 3.75. The van der Waals surface area contributed by atoms with Gasteiger partial charge in [0.05, 0.1) is 22.5 Å². The highest BCUT2D eigenvalue weighted by atomic mass is 14.9. The molecular formula is C52H33N3. The van der Waals surface area contributed by atoms with E-state index in [9.17, 15) is 0 Å². The smallest absolute Gasteiger partial charge is 0.160 e. The van der Waals surface area contributed by atoms with Gasteiger partial charge in [-0.25, -0.2) is 9.97 Å². The van der Waals surface area contributed by atoms with Gasteiger partial charge in [0.15, 0.2) is 5.82 Å². The van der Waals surface area contributed by atoms with Crippen molar-refractivity contribution in [3.8, 4) is 78.5 Å². The van der Waals surface area contributed by atoms with E-state index in [1.165, 1.54) is 50.1 Å². The first-order valence-electron chi connectivity index (χ1n) is 18.8. The second-order valence-electron chi connectivity index (χ2n) is 14.3. The average molecular weight is 700 g/mol. The first-order chi connectivity index (χ1) is 27.3.